The molecule has 0 atom stereocenters. The summed E-state index contributed by atoms with van der Waals surface area (Å²) in [4.78, 5) is 32.3. The number of hydrogen-bond donors (Lipinski definition) is 0. The van der Waals surface area contributed by atoms with Gasteiger partial charge in [-0.05, 0) is 42.3 Å². The number of thiophene rings is 1. The molecule has 0 aliphatic heterocycles. The van der Waals surface area contributed by atoms with E-state index in [1.807, 2.05) is 59.5 Å². The van der Waals surface area contributed by atoms with Crippen LogP contribution in [-0.4, -0.2) is 55.5 Å². The molecule has 2 aromatic carbocycles. The molecule has 0 aliphatic rings. The fraction of sp³-hybridized carbons (Fsp3) is 0.333. The van der Waals surface area contributed by atoms with Gasteiger partial charge in [0.25, 0.3) is 0 Å². The lowest BCUT2D eigenvalue weighted by Crippen LogP contribution is -2.44. The summed E-state index contributed by atoms with van der Waals surface area (Å²) in [7, 11) is 3.20. The lowest BCUT2D eigenvalue weighted by atomic mass is 10.1. The van der Waals surface area contributed by atoms with Crippen molar-refractivity contribution in [2.75, 3.05) is 33.9 Å². The highest BCUT2D eigenvalue weighted by atomic mass is 32.1. The predicted molar refractivity (Wildman–Crippen MR) is 135 cm³/mol. The van der Waals surface area contributed by atoms with E-state index in [1.54, 1.807) is 30.5 Å². The minimum Gasteiger partial charge on any atom is -0.497 e. The first-order valence-corrected chi connectivity index (χ1v) is 12.1. The lowest BCUT2D eigenvalue weighted by molar-refractivity contribution is -0.141. The Hall–Kier alpha value is -3.16. The SMILES string of the molecule is COCCN(CC(=O)N(Cc1ccccc1)Cc1ccc(C)s1)C(=O)Cc1ccc(OC)cc1. The van der Waals surface area contributed by atoms with Crippen molar-refractivity contribution in [1.82, 2.24) is 9.80 Å². The van der Waals surface area contributed by atoms with Gasteiger partial charge in [0.1, 0.15) is 5.75 Å². The molecule has 7 heteroatoms. The highest BCUT2D eigenvalue weighted by molar-refractivity contribution is 7.11. The zero-order valence-corrected chi connectivity index (χ0v) is 20.8. The van der Waals surface area contributed by atoms with E-state index in [9.17, 15) is 9.59 Å². The predicted octanol–water partition coefficient (Wildman–Crippen LogP) is 4.31. The summed E-state index contributed by atoms with van der Waals surface area (Å²) in [5.74, 6) is 0.541. The highest BCUT2D eigenvalue weighted by Crippen LogP contribution is 2.19. The van der Waals surface area contributed by atoms with Gasteiger partial charge >= 0.3 is 0 Å². The van der Waals surface area contributed by atoms with Crippen molar-refractivity contribution >= 4 is 23.2 Å². The minimum absolute atomic E-state index is 0.00946. The molecule has 0 bridgehead atoms. The van der Waals surface area contributed by atoms with Crippen LogP contribution in [0.15, 0.2) is 66.7 Å². The van der Waals surface area contributed by atoms with Gasteiger partial charge in [-0.3, -0.25) is 9.59 Å². The molecular formula is C27H32N2O4S. The second kappa shape index (κ2) is 12.9. The van der Waals surface area contributed by atoms with Crippen LogP contribution in [0.1, 0.15) is 20.9 Å². The number of aryl methyl sites for hydroxylation is 1. The summed E-state index contributed by atoms with van der Waals surface area (Å²) in [5.41, 5.74) is 1.92. The summed E-state index contributed by atoms with van der Waals surface area (Å²) in [6.07, 6.45) is 0.212. The van der Waals surface area contributed by atoms with Crippen LogP contribution in [-0.2, 0) is 33.8 Å². The van der Waals surface area contributed by atoms with Gasteiger partial charge in [-0.25, -0.2) is 0 Å². The number of carbonyl (C=O) groups excluding carboxylic acids is 2. The smallest absolute Gasteiger partial charge is 0.242 e. The average molecular weight is 481 g/mol. The third-order valence-electron chi connectivity index (χ3n) is 5.47. The molecule has 0 N–H and O–H groups in total. The van der Waals surface area contributed by atoms with E-state index in [4.69, 9.17) is 9.47 Å². The summed E-state index contributed by atoms with van der Waals surface area (Å²) >= 11 is 1.68. The molecule has 0 spiro atoms. The van der Waals surface area contributed by atoms with Crippen molar-refractivity contribution in [3.05, 3.63) is 87.6 Å². The van der Waals surface area contributed by atoms with E-state index in [0.29, 0.717) is 26.2 Å². The molecule has 6 nitrogen and oxygen atoms in total. The Morgan fingerprint density at radius 1 is 0.824 bits per heavy atom. The van der Waals surface area contributed by atoms with Gasteiger partial charge in [0, 0.05) is 30.0 Å². The Morgan fingerprint density at radius 3 is 2.18 bits per heavy atom. The second-order valence-electron chi connectivity index (χ2n) is 8.08. The summed E-state index contributed by atoms with van der Waals surface area (Å²) in [6, 6.07) is 21.4. The number of rotatable bonds is 12. The molecule has 0 saturated carbocycles. The molecular weight excluding hydrogens is 448 g/mol. The number of amides is 2. The van der Waals surface area contributed by atoms with Gasteiger partial charge in [0.15, 0.2) is 0 Å². The van der Waals surface area contributed by atoms with Crippen LogP contribution in [0.3, 0.4) is 0 Å². The Labute approximate surface area is 205 Å². The summed E-state index contributed by atoms with van der Waals surface area (Å²) in [6.45, 7) is 3.79. The van der Waals surface area contributed by atoms with Crippen molar-refractivity contribution in [3.63, 3.8) is 0 Å². The largest absolute Gasteiger partial charge is 0.497 e. The Kier molecular flexibility index (Phi) is 9.67. The Balaban J connectivity index is 1.73. The first-order chi connectivity index (χ1) is 16.5. The topological polar surface area (TPSA) is 59.1 Å². The molecule has 0 unspecified atom stereocenters. The van der Waals surface area contributed by atoms with Crippen LogP contribution in [0, 0.1) is 6.92 Å². The normalized spacial score (nSPS) is 10.7. The molecule has 3 rings (SSSR count). The van der Waals surface area contributed by atoms with Crippen LogP contribution in [0.5, 0.6) is 5.75 Å². The molecule has 0 fully saturated rings. The lowest BCUT2D eigenvalue weighted by Gasteiger charge is -2.27. The summed E-state index contributed by atoms with van der Waals surface area (Å²) in [5, 5.41) is 0. The van der Waals surface area contributed by atoms with Crippen molar-refractivity contribution in [3.8, 4) is 5.75 Å². The van der Waals surface area contributed by atoms with Gasteiger partial charge in [0.05, 0.1) is 33.2 Å². The van der Waals surface area contributed by atoms with Crippen LogP contribution in [0.4, 0.5) is 0 Å². The quantitative estimate of drug-likeness (QED) is 0.388. The maximum absolute atomic E-state index is 13.5. The zero-order chi connectivity index (χ0) is 24.3. The van der Waals surface area contributed by atoms with Crippen LogP contribution < -0.4 is 4.74 Å². The number of nitrogens with zero attached hydrogens (tertiary/aromatic N) is 2. The van der Waals surface area contributed by atoms with Crippen molar-refractivity contribution in [2.45, 2.75) is 26.4 Å². The molecule has 180 valence electrons. The average Bonchev–Trinajstić information content (AvgIpc) is 3.26. The summed E-state index contributed by atoms with van der Waals surface area (Å²) < 4.78 is 10.4. The number of ether oxygens (including phenoxy) is 2. The second-order valence-corrected chi connectivity index (χ2v) is 9.45. The van der Waals surface area contributed by atoms with Crippen molar-refractivity contribution in [2.24, 2.45) is 0 Å². The number of hydrogen-bond acceptors (Lipinski definition) is 5. The monoisotopic (exact) mass is 480 g/mol. The van der Waals surface area contributed by atoms with Crippen molar-refractivity contribution in [1.29, 1.82) is 0 Å². The van der Waals surface area contributed by atoms with E-state index < -0.39 is 0 Å². The first kappa shape index (κ1) is 25.5. The fourth-order valence-corrected chi connectivity index (χ4v) is 4.49. The third-order valence-corrected chi connectivity index (χ3v) is 6.46. The molecule has 3 aromatic rings. The van der Waals surface area contributed by atoms with E-state index in [2.05, 4.69) is 19.1 Å². The standard InChI is InChI=1S/C27H32N2O4S/c1-21-9-14-25(34-21)19-29(18-23-7-5-4-6-8-23)27(31)20-28(15-16-32-2)26(30)17-22-10-12-24(33-3)13-11-22/h4-14H,15-20H2,1-3H3. The van der Waals surface area contributed by atoms with Crippen LogP contribution in [0.25, 0.3) is 0 Å². The highest BCUT2D eigenvalue weighted by Gasteiger charge is 2.22. The van der Waals surface area contributed by atoms with Crippen LogP contribution >= 0.6 is 11.3 Å². The van der Waals surface area contributed by atoms with Gasteiger partial charge in [-0.1, -0.05) is 42.5 Å². The van der Waals surface area contributed by atoms with Gasteiger partial charge in [-0.2, -0.15) is 0 Å². The van der Waals surface area contributed by atoms with Gasteiger partial charge in [0.2, 0.25) is 11.8 Å². The first-order valence-electron chi connectivity index (χ1n) is 11.2. The molecule has 1 heterocycles. The minimum atomic E-state index is -0.109. The molecule has 0 saturated heterocycles. The van der Waals surface area contributed by atoms with Gasteiger partial charge in [-0.15, -0.1) is 11.3 Å². The van der Waals surface area contributed by atoms with Crippen LogP contribution in [0.2, 0.25) is 0 Å². The fourth-order valence-electron chi connectivity index (χ4n) is 3.58. The van der Waals surface area contributed by atoms with Gasteiger partial charge < -0.3 is 19.3 Å². The van der Waals surface area contributed by atoms with E-state index in [-0.39, 0.29) is 24.8 Å². The van der Waals surface area contributed by atoms with E-state index in [1.165, 1.54) is 4.88 Å². The molecule has 0 radical (unpaired) electrons. The number of benzene rings is 2. The Bertz CT molecular complexity index is 1050. The molecule has 1 aromatic heterocycles. The van der Waals surface area contributed by atoms with E-state index >= 15 is 0 Å². The number of carbonyl (C=O) groups is 2. The Morgan fingerprint density at radius 2 is 1.56 bits per heavy atom. The van der Waals surface area contributed by atoms with E-state index in [0.717, 1.165) is 21.8 Å². The zero-order valence-electron chi connectivity index (χ0n) is 20.0. The maximum atomic E-state index is 13.5. The molecule has 34 heavy (non-hydrogen) atoms. The maximum Gasteiger partial charge on any atom is 0.242 e. The molecule has 2 amide bonds. The number of methoxy groups -OCH3 is 2. The third kappa shape index (κ3) is 7.71. The molecule has 0 aliphatic carbocycles. The van der Waals surface area contributed by atoms with Crippen molar-refractivity contribution < 1.29 is 19.1 Å².